The molecule has 3 saturated carbocycles. The molecule has 8 atom stereocenters. The summed E-state index contributed by atoms with van der Waals surface area (Å²) in [5.74, 6) is -1.14. The van der Waals surface area contributed by atoms with Crippen LogP contribution in [0.4, 0.5) is 0 Å². The maximum atomic E-state index is 13.4. The lowest BCUT2D eigenvalue weighted by molar-refractivity contribution is -0.205. The van der Waals surface area contributed by atoms with Crippen LogP contribution in [-0.4, -0.2) is 87.3 Å². The number of hydrogen-bond acceptors (Lipinski definition) is 8. The van der Waals surface area contributed by atoms with Gasteiger partial charge in [0, 0.05) is 47.6 Å². The van der Waals surface area contributed by atoms with Gasteiger partial charge < -0.3 is 25.0 Å². The summed E-state index contributed by atoms with van der Waals surface area (Å²) in [4.78, 5) is 48.0. The molecule has 0 amide bonds. The molecule has 9 nitrogen and oxygen atoms in total. The fourth-order valence-electron chi connectivity index (χ4n) is 7.73. The quantitative estimate of drug-likeness (QED) is 0.131. The second kappa shape index (κ2) is 15.0. The van der Waals surface area contributed by atoms with Gasteiger partial charge in [0.05, 0.1) is 11.9 Å². The number of carboxylic acid groups (broad SMARTS) is 2. The van der Waals surface area contributed by atoms with Gasteiger partial charge in [-0.3, -0.25) is 9.59 Å². The molecule has 0 radical (unpaired) electrons. The first-order valence-corrected chi connectivity index (χ1v) is 16.3. The average molecular weight is 610 g/mol. The number of carbonyl (C=O) groups is 4. The smallest absolute Gasteiger partial charge is 0.328 e. The number of aliphatic hydroxyl groups is 1. The van der Waals surface area contributed by atoms with Gasteiger partial charge >= 0.3 is 17.9 Å². The predicted molar refractivity (Wildman–Crippen MR) is 164 cm³/mol. The fraction of sp³-hybridized carbons (Fsp3) is 0.750. The molecule has 0 aliphatic heterocycles. The first-order valence-electron chi connectivity index (χ1n) is 15.1. The number of Topliss-reactive ketones (excluding diaryl/α,β-unsaturated/α-hetero) is 1. The van der Waals surface area contributed by atoms with E-state index in [-0.39, 0.29) is 29.1 Å². The van der Waals surface area contributed by atoms with Crippen LogP contribution in [0.1, 0.15) is 73.6 Å². The van der Waals surface area contributed by atoms with E-state index < -0.39 is 35.0 Å². The zero-order valence-electron chi connectivity index (χ0n) is 26.1. The maximum Gasteiger partial charge on any atom is 0.328 e. The van der Waals surface area contributed by atoms with Gasteiger partial charge in [-0.1, -0.05) is 47.6 Å². The molecular weight excluding hydrogens is 558 g/mol. The average Bonchev–Trinajstić information content (AvgIpc) is 3.30. The number of thioether (sulfide) groups is 1. The Kier molecular flexibility index (Phi) is 12.9. The Hall–Kier alpha value is -2.17. The molecule has 3 aliphatic carbocycles. The Bertz CT molecular complexity index is 1010. The number of rotatable bonds is 11. The molecule has 10 heteroatoms. The van der Waals surface area contributed by atoms with Crippen LogP contribution in [0.3, 0.4) is 0 Å². The molecule has 0 heterocycles. The number of nitrogens with zero attached hydrogens (tertiary/aromatic N) is 1. The Morgan fingerprint density at radius 3 is 2.21 bits per heavy atom. The fourth-order valence-corrected chi connectivity index (χ4v) is 8.49. The van der Waals surface area contributed by atoms with E-state index in [1.165, 1.54) is 0 Å². The third kappa shape index (κ3) is 7.66. The highest BCUT2D eigenvalue weighted by Gasteiger charge is 2.68. The van der Waals surface area contributed by atoms with Crippen LogP contribution in [0.15, 0.2) is 24.8 Å². The van der Waals surface area contributed by atoms with Crippen molar-refractivity contribution in [3.05, 3.63) is 24.8 Å². The third-order valence-electron chi connectivity index (χ3n) is 10.6. The van der Waals surface area contributed by atoms with Gasteiger partial charge in [0.2, 0.25) is 0 Å². The van der Waals surface area contributed by atoms with Gasteiger partial charge in [-0.2, -0.15) is 0 Å². The van der Waals surface area contributed by atoms with E-state index in [0.29, 0.717) is 36.5 Å². The lowest BCUT2D eigenvalue weighted by Gasteiger charge is -2.61. The molecule has 3 aliphatic rings. The standard InChI is InChI=1S/C28H47NO4S.C4H4O4/c1-8-26(6)17-22(33-23(31)18-34-16-15-29(9-2)10-3)27(7)19(4)11-13-28(20(5)25(26)32)14-12-21(30)24(27)28;5-3(6)1-2-4(7)8/h8,19-20,22,24-25,32H,1,9-18H2,2-7H3;1-2H,(H,5,6)(H,7,8)/b;2-1+/t19?,20-,22+,24-,25-,26+,27+,28-;/m0./s1. The van der Waals surface area contributed by atoms with Crippen LogP contribution in [0, 0.1) is 34.0 Å². The van der Waals surface area contributed by atoms with Crippen LogP contribution >= 0.6 is 11.8 Å². The molecule has 42 heavy (non-hydrogen) atoms. The van der Waals surface area contributed by atoms with E-state index in [1.807, 2.05) is 13.0 Å². The molecule has 238 valence electrons. The van der Waals surface area contributed by atoms with Crippen molar-refractivity contribution in [3.8, 4) is 0 Å². The molecular formula is C32H51NO8S. The number of aliphatic hydroxyl groups excluding tert-OH is 1. The number of hydrogen-bond donors (Lipinski definition) is 3. The van der Waals surface area contributed by atoms with Crippen molar-refractivity contribution in [2.45, 2.75) is 85.9 Å². The monoisotopic (exact) mass is 609 g/mol. The van der Waals surface area contributed by atoms with Crippen molar-refractivity contribution in [2.75, 3.05) is 31.1 Å². The third-order valence-corrected chi connectivity index (χ3v) is 11.5. The Labute approximate surface area is 255 Å². The van der Waals surface area contributed by atoms with Crippen molar-refractivity contribution >= 4 is 35.5 Å². The molecule has 3 rings (SSSR count). The lowest BCUT2D eigenvalue weighted by atomic mass is 9.44. The highest BCUT2D eigenvalue weighted by atomic mass is 32.2. The van der Waals surface area contributed by atoms with Crippen LogP contribution in [-0.2, 0) is 23.9 Å². The van der Waals surface area contributed by atoms with Crippen LogP contribution in [0.5, 0.6) is 0 Å². The van der Waals surface area contributed by atoms with E-state index in [0.717, 1.165) is 44.6 Å². The number of ketones is 1. The van der Waals surface area contributed by atoms with E-state index >= 15 is 0 Å². The Morgan fingerprint density at radius 1 is 1.10 bits per heavy atom. The van der Waals surface area contributed by atoms with E-state index in [4.69, 9.17) is 14.9 Å². The first-order chi connectivity index (χ1) is 19.6. The number of carboxylic acids is 2. The maximum absolute atomic E-state index is 13.4. The minimum atomic E-state index is -1.26. The summed E-state index contributed by atoms with van der Waals surface area (Å²) < 4.78 is 6.30. The predicted octanol–water partition coefficient (Wildman–Crippen LogP) is 4.68. The molecule has 0 saturated heterocycles. The summed E-state index contributed by atoms with van der Waals surface area (Å²) >= 11 is 1.61. The summed E-state index contributed by atoms with van der Waals surface area (Å²) in [6.45, 7) is 20.0. The van der Waals surface area contributed by atoms with Gasteiger partial charge in [-0.05, 0) is 56.0 Å². The van der Waals surface area contributed by atoms with Crippen molar-refractivity contribution < 1.29 is 39.2 Å². The molecule has 0 aromatic rings. The number of esters is 1. The van der Waals surface area contributed by atoms with Gasteiger partial charge in [0.15, 0.2) is 0 Å². The highest BCUT2D eigenvalue weighted by molar-refractivity contribution is 7.99. The van der Waals surface area contributed by atoms with Gasteiger partial charge in [-0.25, -0.2) is 9.59 Å². The Morgan fingerprint density at radius 2 is 1.69 bits per heavy atom. The summed E-state index contributed by atoms with van der Waals surface area (Å²) in [6, 6.07) is 0. The molecule has 0 aromatic carbocycles. The van der Waals surface area contributed by atoms with Crippen molar-refractivity contribution in [3.63, 3.8) is 0 Å². The second-order valence-electron chi connectivity index (χ2n) is 12.7. The normalized spacial score (nSPS) is 35.9. The van der Waals surface area contributed by atoms with E-state index in [2.05, 4.69) is 46.1 Å². The van der Waals surface area contributed by atoms with Crippen LogP contribution in [0.25, 0.3) is 0 Å². The van der Waals surface area contributed by atoms with Crippen molar-refractivity contribution in [2.24, 2.45) is 34.0 Å². The number of carbonyl (C=O) groups excluding carboxylic acids is 2. The topological polar surface area (TPSA) is 141 Å². The molecule has 0 spiro atoms. The number of ether oxygens (including phenoxy) is 1. The summed E-state index contributed by atoms with van der Waals surface area (Å²) in [5.41, 5.74) is -1.25. The highest BCUT2D eigenvalue weighted by Crippen LogP contribution is 2.68. The van der Waals surface area contributed by atoms with Crippen LogP contribution < -0.4 is 0 Å². The zero-order valence-corrected chi connectivity index (χ0v) is 27.0. The lowest BCUT2D eigenvalue weighted by Crippen LogP contribution is -2.63. The molecule has 3 fully saturated rings. The zero-order chi connectivity index (χ0) is 31.9. The minimum Gasteiger partial charge on any atom is -0.478 e. The summed E-state index contributed by atoms with van der Waals surface area (Å²) in [5, 5.41) is 27.2. The van der Waals surface area contributed by atoms with Crippen LogP contribution in [0.2, 0.25) is 0 Å². The van der Waals surface area contributed by atoms with Gasteiger partial charge in [0.25, 0.3) is 0 Å². The molecule has 3 N–H and O–H groups in total. The SMILES string of the molecule is C=C[C@]1(C)C[C@@H](OC(=O)CSCCN(CC)CC)[C@@]2(C)C(C)CC[C@]3(CCC(=O)[C@H]32)[C@@H](C)[C@@H]1O.O=C(O)/C=C/C(=O)O. The molecule has 1 unspecified atom stereocenters. The van der Waals surface area contributed by atoms with Crippen molar-refractivity contribution in [1.82, 2.24) is 4.90 Å². The second-order valence-corrected chi connectivity index (χ2v) is 13.8. The van der Waals surface area contributed by atoms with Crippen molar-refractivity contribution in [1.29, 1.82) is 0 Å². The first kappa shape index (κ1) is 36.0. The van der Waals surface area contributed by atoms with E-state index in [9.17, 15) is 24.3 Å². The van der Waals surface area contributed by atoms with Gasteiger partial charge in [0.1, 0.15) is 11.9 Å². The molecule has 0 aromatic heterocycles. The van der Waals surface area contributed by atoms with Gasteiger partial charge in [-0.15, -0.1) is 18.3 Å². The Balaban J connectivity index is 0.000000675. The summed E-state index contributed by atoms with van der Waals surface area (Å²) in [7, 11) is 0. The minimum absolute atomic E-state index is 0.00828. The van der Waals surface area contributed by atoms with E-state index in [1.54, 1.807) is 11.8 Å². The summed E-state index contributed by atoms with van der Waals surface area (Å²) in [6.07, 6.45) is 5.76. The number of aliphatic carboxylic acids is 2. The molecule has 2 bridgehead atoms. The largest absolute Gasteiger partial charge is 0.478 e.